The Morgan fingerprint density at radius 2 is 1.88 bits per heavy atom. The van der Waals surface area contributed by atoms with Crippen LogP contribution in [0.5, 0.6) is 0 Å². The van der Waals surface area contributed by atoms with E-state index < -0.39 is 17.5 Å². The normalized spacial score (nSPS) is 26.3. The molecular weight excluding hydrogens is 204 g/mol. The largest absolute Gasteiger partial charge is 0.481 e. The molecule has 92 valence electrons. The van der Waals surface area contributed by atoms with Crippen molar-refractivity contribution in [3.05, 3.63) is 0 Å². The molecule has 0 radical (unpaired) electrons. The maximum absolute atomic E-state index is 11.2. The van der Waals surface area contributed by atoms with Crippen molar-refractivity contribution in [2.75, 3.05) is 0 Å². The maximum atomic E-state index is 11.2. The molecule has 2 N–H and O–H groups in total. The summed E-state index contributed by atoms with van der Waals surface area (Å²) in [6.07, 6.45) is 8.39. The molecule has 0 saturated heterocycles. The topological polar surface area (TPSA) is 57.5 Å². The van der Waals surface area contributed by atoms with Crippen molar-refractivity contribution in [2.45, 2.75) is 63.9 Å². The Kier molecular flexibility index (Phi) is 3.53. The van der Waals surface area contributed by atoms with Gasteiger partial charge in [0.1, 0.15) is 0 Å². The summed E-state index contributed by atoms with van der Waals surface area (Å²) in [4.78, 5) is 11.2. The summed E-state index contributed by atoms with van der Waals surface area (Å²) in [6.45, 7) is 0. The van der Waals surface area contributed by atoms with E-state index in [1.165, 1.54) is 25.7 Å². The van der Waals surface area contributed by atoms with Gasteiger partial charge in [-0.3, -0.25) is 4.79 Å². The SMILES string of the molecule is O=C(O)C1(CC(O)CC2CCCC2)CCC1. The van der Waals surface area contributed by atoms with Gasteiger partial charge in [-0.1, -0.05) is 32.1 Å². The van der Waals surface area contributed by atoms with Crippen molar-refractivity contribution in [3.8, 4) is 0 Å². The number of carbonyl (C=O) groups is 1. The number of aliphatic hydroxyl groups is 1. The molecule has 0 aliphatic heterocycles. The molecule has 1 atom stereocenters. The summed E-state index contributed by atoms with van der Waals surface area (Å²) >= 11 is 0. The lowest BCUT2D eigenvalue weighted by Crippen LogP contribution is -2.41. The third kappa shape index (κ3) is 2.40. The predicted molar refractivity (Wildman–Crippen MR) is 61.1 cm³/mol. The number of hydrogen-bond donors (Lipinski definition) is 2. The Morgan fingerprint density at radius 1 is 1.25 bits per heavy atom. The number of rotatable bonds is 5. The van der Waals surface area contributed by atoms with Crippen molar-refractivity contribution in [2.24, 2.45) is 11.3 Å². The summed E-state index contributed by atoms with van der Waals surface area (Å²) in [5.41, 5.74) is -0.585. The van der Waals surface area contributed by atoms with Gasteiger partial charge in [-0.25, -0.2) is 0 Å². The second kappa shape index (κ2) is 4.74. The van der Waals surface area contributed by atoms with Gasteiger partial charge in [0.15, 0.2) is 0 Å². The van der Waals surface area contributed by atoms with Crippen LogP contribution in [-0.4, -0.2) is 22.3 Å². The minimum atomic E-state index is -0.704. The van der Waals surface area contributed by atoms with Crippen LogP contribution in [-0.2, 0) is 4.79 Å². The van der Waals surface area contributed by atoms with Crippen LogP contribution in [0, 0.1) is 11.3 Å². The Balaban J connectivity index is 1.81. The molecule has 2 saturated carbocycles. The van der Waals surface area contributed by atoms with Crippen LogP contribution < -0.4 is 0 Å². The average molecular weight is 226 g/mol. The second-order valence-corrected chi connectivity index (χ2v) is 5.68. The molecule has 0 aromatic carbocycles. The van der Waals surface area contributed by atoms with Crippen LogP contribution in [0.3, 0.4) is 0 Å². The Bertz CT molecular complexity index is 252. The number of carboxylic acid groups (broad SMARTS) is 1. The number of carboxylic acids is 1. The summed E-state index contributed by atoms with van der Waals surface area (Å²) in [5, 5.41) is 19.2. The number of aliphatic carboxylic acids is 1. The number of aliphatic hydroxyl groups excluding tert-OH is 1. The Hall–Kier alpha value is -0.570. The van der Waals surface area contributed by atoms with E-state index in [-0.39, 0.29) is 0 Å². The van der Waals surface area contributed by atoms with Crippen molar-refractivity contribution in [1.29, 1.82) is 0 Å². The first-order chi connectivity index (χ1) is 7.62. The van der Waals surface area contributed by atoms with E-state index in [9.17, 15) is 15.0 Å². The van der Waals surface area contributed by atoms with Gasteiger partial charge in [0.25, 0.3) is 0 Å². The average Bonchev–Trinajstić information content (AvgIpc) is 2.63. The van der Waals surface area contributed by atoms with Crippen LogP contribution in [0.2, 0.25) is 0 Å². The summed E-state index contributed by atoms with van der Waals surface area (Å²) in [7, 11) is 0. The highest BCUT2D eigenvalue weighted by Crippen LogP contribution is 2.46. The third-order valence-electron chi connectivity index (χ3n) is 4.47. The summed E-state index contributed by atoms with van der Waals surface area (Å²) < 4.78 is 0. The molecule has 0 heterocycles. The molecule has 3 heteroatoms. The third-order valence-corrected chi connectivity index (χ3v) is 4.47. The van der Waals surface area contributed by atoms with Crippen LogP contribution in [0.15, 0.2) is 0 Å². The van der Waals surface area contributed by atoms with Gasteiger partial charge in [-0.15, -0.1) is 0 Å². The minimum absolute atomic E-state index is 0.403. The first kappa shape index (κ1) is 11.9. The zero-order valence-corrected chi connectivity index (χ0v) is 9.82. The van der Waals surface area contributed by atoms with Crippen LogP contribution in [0.1, 0.15) is 57.8 Å². The first-order valence-electron chi connectivity index (χ1n) is 6.54. The molecule has 1 unspecified atom stereocenters. The highest BCUT2D eigenvalue weighted by Gasteiger charge is 2.45. The molecule has 0 aromatic rings. The van der Waals surface area contributed by atoms with Crippen LogP contribution in [0.25, 0.3) is 0 Å². The molecule has 2 fully saturated rings. The van der Waals surface area contributed by atoms with E-state index in [2.05, 4.69) is 0 Å². The maximum Gasteiger partial charge on any atom is 0.309 e. The van der Waals surface area contributed by atoms with Crippen molar-refractivity contribution in [1.82, 2.24) is 0 Å². The molecule has 0 spiro atoms. The molecule has 0 amide bonds. The molecule has 0 bridgehead atoms. The van der Waals surface area contributed by atoms with Crippen molar-refractivity contribution >= 4 is 5.97 Å². The van der Waals surface area contributed by atoms with Crippen LogP contribution >= 0.6 is 0 Å². The quantitative estimate of drug-likeness (QED) is 0.757. The molecule has 16 heavy (non-hydrogen) atoms. The van der Waals surface area contributed by atoms with E-state index in [4.69, 9.17) is 0 Å². The van der Waals surface area contributed by atoms with E-state index >= 15 is 0 Å². The fourth-order valence-electron chi connectivity index (χ4n) is 3.27. The van der Waals surface area contributed by atoms with Gasteiger partial charge < -0.3 is 10.2 Å². The summed E-state index contributed by atoms with van der Waals surface area (Å²) in [6, 6.07) is 0. The zero-order chi connectivity index (χ0) is 11.6. The van der Waals surface area contributed by atoms with Gasteiger partial charge in [-0.05, 0) is 31.6 Å². The monoisotopic (exact) mass is 226 g/mol. The Morgan fingerprint density at radius 3 is 2.31 bits per heavy atom. The predicted octanol–water partition coefficient (Wildman–Crippen LogP) is 2.57. The molecule has 2 aliphatic carbocycles. The number of hydrogen-bond acceptors (Lipinski definition) is 2. The summed E-state index contributed by atoms with van der Waals surface area (Å²) in [5.74, 6) is -0.0647. The Labute approximate surface area is 96.9 Å². The van der Waals surface area contributed by atoms with Gasteiger partial charge in [-0.2, -0.15) is 0 Å². The van der Waals surface area contributed by atoms with Crippen LogP contribution in [0.4, 0.5) is 0 Å². The first-order valence-corrected chi connectivity index (χ1v) is 6.54. The molecular formula is C13H22O3. The highest BCUT2D eigenvalue weighted by molar-refractivity contribution is 5.75. The van der Waals surface area contributed by atoms with Gasteiger partial charge in [0.05, 0.1) is 11.5 Å². The van der Waals surface area contributed by atoms with Gasteiger partial charge >= 0.3 is 5.97 Å². The van der Waals surface area contributed by atoms with Gasteiger partial charge in [0, 0.05) is 0 Å². The lowest BCUT2D eigenvalue weighted by atomic mass is 9.65. The van der Waals surface area contributed by atoms with E-state index in [1.54, 1.807) is 0 Å². The lowest BCUT2D eigenvalue weighted by molar-refractivity contribution is -0.157. The zero-order valence-electron chi connectivity index (χ0n) is 9.82. The molecule has 2 rings (SSSR count). The second-order valence-electron chi connectivity index (χ2n) is 5.68. The van der Waals surface area contributed by atoms with E-state index in [0.717, 1.165) is 25.7 Å². The molecule has 2 aliphatic rings. The standard InChI is InChI=1S/C13H22O3/c14-11(8-10-4-1-2-5-10)9-13(12(15)16)6-3-7-13/h10-11,14H,1-9H2,(H,15,16). The lowest BCUT2D eigenvalue weighted by Gasteiger charge is -2.39. The smallest absolute Gasteiger partial charge is 0.309 e. The highest BCUT2D eigenvalue weighted by atomic mass is 16.4. The van der Waals surface area contributed by atoms with Crippen molar-refractivity contribution < 1.29 is 15.0 Å². The minimum Gasteiger partial charge on any atom is -0.481 e. The van der Waals surface area contributed by atoms with Crippen molar-refractivity contribution in [3.63, 3.8) is 0 Å². The van der Waals surface area contributed by atoms with E-state index in [0.29, 0.717) is 12.3 Å². The molecule has 0 aromatic heterocycles. The van der Waals surface area contributed by atoms with E-state index in [1.807, 2.05) is 0 Å². The fourth-order valence-corrected chi connectivity index (χ4v) is 3.27. The van der Waals surface area contributed by atoms with Gasteiger partial charge in [0.2, 0.25) is 0 Å². The molecule has 3 nitrogen and oxygen atoms in total. The fraction of sp³-hybridized carbons (Fsp3) is 0.923.